The van der Waals surface area contributed by atoms with Crippen molar-refractivity contribution in [3.8, 4) is 5.75 Å². The summed E-state index contributed by atoms with van der Waals surface area (Å²) in [5.74, 6) is 1.80. The molecule has 0 heterocycles. The number of alkyl carbamates (subject to hydrolysis) is 1. The van der Waals surface area contributed by atoms with Crippen LogP contribution < -0.4 is 10.1 Å². The van der Waals surface area contributed by atoms with Gasteiger partial charge < -0.3 is 19.5 Å². The van der Waals surface area contributed by atoms with Crippen molar-refractivity contribution in [2.75, 3.05) is 0 Å². The monoisotopic (exact) mass is 549 g/mol. The van der Waals surface area contributed by atoms with E-state index in [1.807, 2.05) is 75.4 Å². The van der Waals surface area contributed by atoms with Crippen LogP contribution in [0.15, 0.2) is 66.2 Å². The number of amides is 1. The minimum atomic E-state index is -0.631. The Kier molecular flexibility index (Phi) is 11.2. The Labute approximate surface area is 240 Å². The van der Waals surface area contributed by atoms with Crippen molar-refractivity contribution in [2.45, 2.75) is 98.5 Å². The molecule has 1 fully saturated rings. The molecule has 4 atom stereocenters. The van der Waals surface area contributed by atoms with Gasteiger partial charge in [-0.3, -0.25) is 0 Å². The maximum absolute atomic E-state index is 13.2. The SMILES string of the molecule is C/C(=C\[C@H](Cc1ccc(OCc2ccccc2)cc1)NC(=O)OC(C)(C)C)C(=O)O[C@@H]1C[C@H](C)CCC1C(C)C. The van der Waals surface area contributed by atoms with E-state index in [1.165, 1.54) is 6.42 Å². The van der Waals surface area contributed by atoms with Crippen molar-refractivity contribution in [1.29, 1.82) is 0 Å². The molecule has 40 heavy (non-hydrogen) atoms. The first-order valence-electron chi connectivity index (χ1n) is 14.5. The van der Waals surface area contributed by atoms with E-state index in [4.69, 9.17) is 14.2 Å². The molecule has 0 radical (unpaired) electrons. The molecule has 0 aromatic heterocycles. The summed E-state index contributed by atoms with van der Waals surface area (Å²) in [5, 5.41) is 2.93. The first-order chi connectivity index (χ1) is 18.9. The molecule has 1 saturated carbocycles. The fraction of sp³-hybridized carbons (Fsp3) is 0.529. The molecule has 0 saturated heterocycles. The summed E-state index contributed by atoms with van der Waals surface area (Å²) in [4.78, 5) is 25.8. The number of benzene rings is 2. The minimum Gasteiger partial charge on any atom is -0.489 e. The van der Waals surface area contributed by atoms with Gasteiger partial charge in [-0.1, -0.05) is 75.7 Å². The molecule has 6 heteroatoms. The van der Waals surface area contributed by atoms with Gasteiger partial charge in [-0.05, 0) is 88.0 Å². The van der Waals surface area contributed by atoms with Gasteiger partial charge in [-0.25, -0.2) is 9.59 Å². The third-order valence-corrected chi connectivity index (χ3v) is 7.32. The molecule has 3 rings (SSSR count). The molecule has 1 amide bonds. The van der Waals surface area contributed by atoms with Crippen LogP contribution >= 0.6 is 0 Å². The first-order valence-corrected chi connectivity index (χ1v) is 14.5. The van der Waals surface area contributed by atoms with Gasteiger partial charge in [0.25, 0.3) is 0 Å². The van der Waals surface area contributed by atoms with E-state index >= 15 is 0 Å². The van der Waals surface area contributed by atoms with Crippen LogP contribution in [0.2, 0.25) is 0 Å². The van der Waals surface area contributed by atoms with Crippen molar-refractivity contribution in [1.82, 2.24) is 5.32 Å². The third kappa shape index (κ3) is 10.4. The highest BCUT2D eigenvalue weighted by Crippen LogP contribution is 2.35. The average molecular weight is 550 g/mol. The topological polar surface area (TPSA) is 73.9 Å². The van der Waals surface area contributed by atoms with E-state index in [-0.39, 0.29) is 12.1 Å². The lowest BCUT2D eigenvalue weighted by Gasteiger charge is -2.36. The van der Waals surface area contributed by atoms with Gasteiger partial charge in [-0.2, -0.15) is 0 Å². The molecule has 2 aromatic rings. The number of nitrogens with one attached hydrogen (secondary N) is 1. The molecule has 218 valence electrons. The van der Waals surface area contributed by atoms with Gasteiger partial charge in [0.1, 0.15) is 24.1 Å². The van der Waals surface area contributed by atoms with Gasteiger partial charge in [0.15, 0.2) is 0 Å². The van der Waals surface area contributed by atoms with Crippen LogP contribution in [0.4, 0.5) is 4.79 Å². The summed E-state index contributed by atoms with van der Waals surface area (Å²) in [5.41, 5.74) is 1.94. The van der Waals surface area contributed by atoms with Crippen molar-refractivity contribution in [3.63, 3.8) is 0 Å². The third-order valence-electron chi connectivity index (χ3n) is 7.32. The summed E-state index contributed by atoms with van der Waals surface area (Å²) in [6.45, 7) is 14.3. The van der Waals surface area contributed by atoms with Gasteiger partial charge in [0.2, 0.25) is 0 Å². The molecule has 0 aliphatic heterocycles. The molecule has 1 unspecified atom stereocenters. The molecule has 1 aliphatic carbocycles. The predicted octanol–water partition coefficient (Wildman–Crippen LogP) is 7.65. The zero-order chi connectivity index (χ0) is 29.3. The van der Waals surface area contributed by atoms with E-state index in [2.05, 4.69) is 26.1 Å². The second-order valence-electron chi connectivity index (χ2n) is 12.5. The largest absolute Gasteiger partial charge is 0.489 e. The number of esters is 1. The summed E-state index contributed by atoms with van der Waals surface area (Å²) in [6.07, 6.45) is 4.79. The molecular formula is C34H47NO5. The van der Waals surface area contributed by atoms with Crippen molar-refractivity contribution in [3.05, 3.63) is 77.4 Å². The Morgan fingerprint density at radius 3 is 2.30 bits per heavy atom. The van der Waals surface area contributed by atoms with Gasteiger partial charge in [0.05, 0.1) is 6.04 Å². The van der Waals surface area contributed by atoms with Crippen molar-refractivity contribution >= 4 is 12.1 Å². The van der Waals surface area contributed by atoms with E-state index in [9.17, 15) is 9.59 Å². The number of ether oxygens (including phenoxy) is 3. The highest BCUT2D eigenvalue weighted by molar-refractivity contribution is 5.88. The zero-order valence-electron chi connectivity index (χ0n) is 25.2. The first kappa shape index (κ1) is 31.3. The van der Waals surface area contributed by atoms with Crippen LogP contribution in [-0.4, -0.2) is 29.8 Å². The minimum absolute atomic E-state index is 0.0831. The average Bonchev–Trinajstić information content (AvgIpc) is 2.87. The van der Waals surface area contributed by atoms with Crippen LogP contribution in [0.25, 0.3) is 0 Å². The normalized spacial score (nSPS) is 20.5. The summed E-state index contributed by atoms with van der Waals surface area (Å²) >= 11 is 0. The highest BCUT2D eigenvalue weighted by atomic mass is 16.6. The number of carbonyl (C=O) groups is 2. The number of carbonyl (C=O) groups excluding carboxylic acids is 2. The van der Waals surface area contributed by atoms with Crippen LogP contribution in [0, 0.1) is 17.8 Å². The van der Waals surface area contributed by atoms with Gasteiger partial charge >= 0.3 is 12.1 Å². The molecule has 0 spiro atoms. The molecule has 0 bridgehead atoms. The maximum Gasteiger partial charge on any atom is 0.408 e. The van der Waals surface area contributed by atoms with Crippen molar-refractivity contribution < 1.29 is 23.8 Å². The fourth-order valence-corrected chi connectivity index (χ4v) is 5.18. The maximum atomic E-state index is 13.2. The molecule has 1 N–H and O–H groups in total. The lowest BCUT2D eigenvalue weighted by molar-refractivity contribution is -0.151. The fourth-order valence-electron chi connectivity index (χ4n) is 5.18. The second-order valence-corrected chi connectivity index (χ2v) is 12.5. The number of hydrogen-bond donors (Lipinski definition) is 1. The van der Waals surface area contributed by atoms with Crippen LogP contribution in [0.5, 0.6) is 5.75 Å². The Hall–Kier alpha value is -3.28. The smallest absolute Gasteiger partial charge is 0.408 e. The predicted molar refractivity (Wildman–Crippen MR) is 159 cm³/mol. The van der Waals surface area contributed by atoms with Crippen LogP contribution in [0.1, 0.15) is 78.9 Å². The molecule has 6 nitrogen and oxygen atoms in total. The number of hydrogen-bond acceptors (Lipinski definition) is 5. The zero-order valence-corrected chi connectivity index (χ0v) is 25.2. The summed E-state index contributed by atoms with van der Waals surface area (Å²) in [6, 6.07) is 17.3. The highest BCUT2D eigenvalue weighted by Gasteiger charge is 2.33. The quantitative estimate of drug-likeness (QED) is 0.243. The summed E-state index contributed by atoms with van der Waals surface area (Å²) < 4.78 is 17.5. The van der Waals surface area contributed by atoms with Crippen molar-refractivity contribution in [2.24, 2.45) is 17.8 Å². The van der Waals surface area contributed by atoms with E-state index in [0.29, 0.717) is 36.4 Å². The Bertz CT molecular complexity index is 1120. The molecule has 2 aromatic carbocycles. The lowest BCUT2D eigenvalue weighted by Crippen LogP contribution is -2.40. The van der Waals surface area contributed by atoms with Gasteiger partial charge in [0, 0.05) is 5.57 Å². The van der Waals surface area contributed by atoms with E-state index < -0.39 is 17.7 Å². The van der Waals surface area contributed by atoms with E-state index in [1.54, 1.807) is 13.0 Å². The number of rotatable bonds is 10. The Balaban J connectivity index is 1.70. The van der Waals surface area contributed by atoms with Crippen LogP contribution in [0.3, 0.4) is 0 Å². The Morgan fingerprint density at radius 1 is 1.00 bits per heavy atom. The summed E-state index contributed by atoms with van der Waals surface area (Å²) in [7, 11) is 0. The second kappa shape index (κ2) is 14.4. The Morgan fingerprint density at radius 2 is 1.68 bits per heavy atom. The van der Waals surface area contributed by atoms with E-state index in [0.717, 1.165) is 29.7 Å². The lowest BCUT2D eigenvalue weighted by atomic mass is 9.75. The standard InChI is InChI=1S/C34H47NO5/c1-23(2)30-18-13-24(3)19-31(30)39-32(36)25(4)20-28(35-33(37)40-34(5,6)7)21-26-14-16-29(17-15-26)38-22-27-11-9-8-10-12-27/h8-12,14-17,20,23-24,28,30-31H,13,18-19,21-22H2,1-7H3,(H,35,37)/b25-20+/t24-,28-,30?,31-/m1/s1. The van der Waals surface area contributed by atoms with Gasteiger partial charge in [-0.15, -0.1) is 0 Å². The molecular weight excluding hydrogens is 502 g/mol. The molecule has 1 aliphatic rings. The van der Waals surface area contributed by atoms with Crippen LogP contribution in [-0.2, 0) is 27.3 Å².